The Hall–Kier alpha value is -0.590. The summed E-state index contributed by atoms with van der Waals surface area (Å²) in [6.45, 7) is 4.88. The van der Waals surface area contributed by atoms with Crippen LogP contribution in [0.3, 0.4) is 0 Å². The molecule has 110 valence electrons. The van der Waals surface area contributed by atoms with Crippen LogP contribution in [-0.4, -0.2) is 37.2 Å². The van der Waals surface area contributed by atoms with Crippen LogP contribution in [-0.2, 0) is 11.2 Å². The molecule has 0 saturated carbocycles. The highest BCUT2D eigenvalue weighted by Crippen LogP contribution is 2.12. The summed E-state index contributed by atoms with van der Waals surface area (Å²) >= 11 is 1.64. The molecule has 0 saturated heterocycles. The summed E-state index contributed by atoms with van der Waals surface area (Å²) in [6, 6.07) is 0.239. The molecule has 0 bridgehead atoms. The fraction of sp³-hybridized carbons (Fsp3) is 0.769. The number of aromatic nitrogens is 1. The molecule has 0 aromatic carbocycles. The number of thiazole rings is 1. The van der Waals surface area contributed by atoms with Gasteiger partial charge in [-0.05, 0) is 26.3 Å². The van der Waals surface area contributed by atoms with Crippen molar-refractivity contribution < 1.29 is 13.5 Å². The van der Waals surface area contributed by atoms with E-state index in [1.54, 1.807) is 11.3 Å². The maximum absolute atomic E-state index is 12.0. The van der Waals surface area contributed by atoms with E-state index in [1.165, 1.54) is 0 Å². The van der Waals surface area contributed by atoms with Crippen molar-refractivity contribution in [3.63, 3.8) is 0 Å². The van der Waals surface area contributed by atoms with Crippen molar-refractivity contribution in [3.8, 4) is 0 Å². The maximum atomic E-state index is 12.0. The average molecular weight is 292 g/mol. The molecule has 3 nitrogen and oxygen atoms in total. The second-order valence-electron chi connectivity index (χ2n) is 4.49. The predicted molar refractivity (Wildman–Crippen MR) is 74.1 cm³/mol. The molecule has 1 unspecified atom stereocenters. The van der Waals surface area contributed by atoms with Crippen molar-refractivity contribution >= 4 is 11.3 Å². The Bertz CT molecular complexity index is 347. The van der Waals surface area contributed by atoms with Crippen LogP contribution in [0.15, 0.2) is 5.38 Å². The van der Waals surface area contributed by atoms with Gasteiger partial charge in [0, 0.05) is 30.1 Å². The standard InChI is InChI=1S/C13H22F2N2OS/c1-3-5-16-11(4-6-18-8-12(14)15)7-13-17-10(2)9-19-13/h9,11-12,16H,3-8H2,1-2H3. The van der Waals surface area contributed by atoms with E-state index in [9.17, 15) is 8.78 Å². The lowest BCUT2D eigenvalue weighted by molar-refractivity contribution is 0.0144. The molecule has 1 rings (SSSR count). The molecular weight excluding hydrogens is 270 g/mol. The van der Waals surface area contributed by atoms with E-state index >= 15 is 0 Å². The van der Waals surface area contributed by atoms with Gasteiger partial charge in [0.25, 0.3) is 6.43 Å². The first-order valence-corrected chi connectivity index (χ1v) is 7.50. The smallest absolute Gasteiger partial charge is 0.261 e. The average Bonchev–Trinajstić information content (AvgIpc) is 2.76. The Morgan fingerprint density at radius 1 is 1.47 bits per heavy atom. The normalized spacial score (nSPS) is 13.1. The van der Waals surface area contributed by atoms with Crippen LogP contribution in [0.1, 0.15) is 30.5 Å². The highest BCUT2D eigenvalue weighted by atomic mass is 32.1. The van der Waals surface area contributed by atoms with Crippen molar-refractivity contribution in [2.45, 2.75) is 45.6 Å². The lowest BCUT2D eigenvalue weighted by atomic mass is 10.1. The number of halogens is 2. The van der Waals surface area contributed by atoms with E-state index in [-0.39, 0.29) is 6.04 Å². The summed E-state index contributed by atoms with van der Waals surface area (Å²) in [5, 5.41) is 6.53. The maximum Gasteiger partial charge on any atom is 0.261 e. The monoisotopic (exact) mass is 292 g/mol. The second-order valence-corrected chi connectivity index (χ2v) is 5.44. The van der Waals surface area contributed by atoms with Gasteiger partial charge in [0.15, 0.2) is 0 Å². The molecule has 1 heterocycles. The molecule has 0 aliphatic carbocycles. The van der Waals surface area contributed by atoms with Crippen LogP contribution < -0.4 is 5.32 Å². The Morgan fingerprint density at radius 3 is 2.84 bits per heavy atom. The van der Waals surface area contributed by atoms with Gasteiger partial charge >= 0.3 is 0 Å². The first kappa shape index (κ1) is 16.5. The van der Waals surface area contributed by atoms with Gasteiger partial charge in [-0.25, -0.2) is 13.8 Å². The van der Waals surface area contributed by atoms with Gasteiger partial charge in [-0.2, -0.15) is 0 Å². The zero-order valence-electron chi connectivity index (χ0n) is 11.5. The van der Waals surface area contributed by atoms with Gasteiger partial charge in [0.05, 0.1) is 5.01 Å². The molecule has 19 heavy (non-hydrogen) atoms. The fourth-order valence-corrected chi connectivity index (χ4v) is 2.58. The van der Waals surface area contributed by atoms with Crippen LogP contribution in [0.2, 0.25) is 0 Å². The first-order valence-electron chi connectivity index (χ1n) is 6.62. The van der Waals surface area contributed by atoms with E-state index in [0.717, 1.165) is 36.5 Å². The fourth-order valence-electron chi connectivity index (χ4n) is 1.73. The highest BCUT2D eigenvalue weighted by Gasteiger charge is 2.12. The zero-order valence-corrected chi connectivity index (χ0v) is 12.3. The largest absolute Gasteiger partial charge is 0.375 e. The van der Waals surface area contributed by atoms with Crippen molar-refractivity contribution in [2.75, 3.05) is 19.8 Å². The molecule has 6 heteroatoms. The Kier molecular flexibility index (Phi) is 8.09. The molecular formula is C13H22F2N2OS. The number of hydrogen-bond acceptors (Lipinski definition) is 4. The molecule has 1 atom stereocenters. The van der Waals surface area contributed by atoms with Gasteiger partial charge in [-0.15, -0.1) is 11.3 Å². The Morgan fingerprint density at radius 2 is 2.26 bits per heavy atom. The Labute approximate surface area is 117 Å². The number of ether oxygens (including phenoxy) is 1. The van der Waals surface area contributed by atoms with Gasteiger partial charge < -0.3 is 10.1 Å². The molecule has 0 spiro atoms. The third-order valence-corrected chi connectivity index (χ3v) is 3.61. The van der Waals surface area contributed by atoms with Crippen molar-refractivity contribution in [2.24, 2.45) is 0 Å². The number of nitrogens with zero attached hydrogens (tertiary/aromatic N) is 1. The second kappa shape index (κ2) is 9.34. The quantitative estimate of drug-likeness (QED) is 0.673. The van der Waals surface area contributed by atoms with Gasteiger partial charge in [-0.1, -0.05) is 6.92 Å². The molecule has 1 N–H and O–H groups in total. The summed E-state index contributed by atoms with van der Waals surface area (Å²) in [4.78, 5) is 4.43. The molecule has 1 aromatic heterocycles. The molecule has 0 fully saturated rings. The molecule has 0 aliphatic heterocycles. The Balaban J connectivity index is 2.33. The topological polar surface area (TPSA) is 34.1 Å². The number of rotatable bonds is 10. The number of alkyl halides is 2. The van der Waals surface area contributed by atoms with Crippen molar-refractivity contribution in [1.82, 2.24) is 10.3 Å². The minimum atomic E-state index is -2.39. The molecule has 0 aliphatic rings. The lowest BCUT2D eigenvalue weighted by Crippen LogP contribution is -2.33. The highest BCUT2D eigenvalue weighted by molar-refractivity contribution is 7.09. The van der Waals surface area contributed by atoms with Gasteiger partial charge in [0.1, 0.15) is 6.61 Å². The lowest BCUT2D eigenvalue weighted by Gasteiger charge is -2.17. The number of nitrogens with one attached hydrogen (secondary N) is 1. The summed E-state index contributed by atoms with van der Waals surface area (Å²) in [6.07, 6.45) is 0.219. The third-order valence-electron chi connectivity index (χ3n) is 2.63. The van der Waals surface area contributed by atoms with E-state index in [2.05, 4.69) is 17.2 Å². The summed E-state index contributed by atoms with van der Waals surface area (Å²) in [7, 11) is 0. The third kappa shape index (κ3) is 7.54. The van der Waals surface area contributed by atoms with E-state index in [4.69, 9.17) is 4.74 Å². The first-order chi connectivity index (χ1) is 9.11. The van der Waals surface area contributed by atoms with Crippen molar-refractivity contribution in [3.05, 3.63) is 16.1 Å². The van der Waals surface area contributed by atoms with Crippen LogP contribution in [0.25, 0.3) is 0 Å². The van der Waals surface area contributed by atoms with Gasteiger partial charge in [0.2, 0.25) is 0 Å². The molecule has 0 amide bonds. The predicted octanol–water partition coefficient (Wildman–Crippen LogP) is 3.03. The number of hydrogen-bond donors (Lipinski definition) is 1. The minimum Gasteiger partial charge on any atom is -0.375 e. The molecule has 0 radical (unpaired) electrons. The summed E-state index contributed by atoms with van der Waals surface area (Å²) in [5.74, 6) is 0. The van der Waals surface area contributed by atoms with Crippen LogP contribution in [0.5, 0.6) is 0 Å². The van der Waals surface area contributed by atoms with Crippen LogP contribution in [0, 0.1) is 6.92 Å². The summed E-state index contributed by atoms with van der Waals surface area (Å²) in [5.41, 5.74) is 1.03. The van der Waals surface area contributed by atoms with Crippen LogP contribution >= 0.6 is 11.3 Å². The van der Waals surface area contributed by atoms with Crippen molar-refractivity contribution in [1.29, 1.82) is 0 Å². The number of aryl methyl sites for hydroxylation is 1. The van der Waals surface area contributed by atoms with E-state index in [0.29, 0.717) is 6.61 Å². The molecule has 1 aromatic rings. The summed E-state index contributed by atoms with van der Waals surface area (Å²) < 4.78 is 28.9. The van der Waals surface area contributed by atoms with Gasteiger partial charge in [-0.3, -0.25) is 0 Å². The van der Waals surface area contributed by atoms with Crippen LogP contribution in [0.4, 0.5) is 8.78 Å². The van der Waals surface area contributed by atoms with E-state index in [1.807, 2.05) is 12.3 Å². The van der Waals surface area contributed by atoms with E-state index < -0.39 is 13.0 Å². The SMILES string of the molecule is CCCNC(CCOCC(F)F)Cc1nc(C)cs1. The minimum absolute atomic E-state index is 0.239. The zero-order chi connectivity index (χ0) is 14.1.